The normalized spacial score (nSPS) is 11.0. The largest absolute Gasteiger partial charge is 0.327 e. The molecule has 0 spiro atoms. The summed E-state index contributed by atoms with van der Waals surface area (Å²) in [5.41, 5.74) is -0.179. The third-order valence-electron chi connectivity index (χ3n) is 2.18. The smallest absolute Gasteiger partial charge is 0.325 e. The maximum atomic E-state index is 11.4. The molecule has 2 aromatic rings. The van der Waals surface area contributed by atoms with Gasteiger partial charge in [-0.3, -0.25) is 14.8 Å². The van der Waals surface area contributed by atoms with E-state index in [0.717, 1.165) is 5.82 Å². The van der Waals surface area contributed by atoms with E-state index >= 15 is 0 Å². The molecule has 0 radical (unpaired) electrons. The van der Waals surface area contributed by atoms with Gasteiger partial charge in [-0.05, 0) is 0 Å². The lowest BCUT2D eigenvalue weighted by Crippen LogP contribution is -2.22. The van der Waals surface area contributed by atoms with Gasteiger partial charge in [0, 0.05) is 13.5 Å². The topological polar surface area (TPSA) is 83.5 Å². The van der Waals surface area contributed by atoms with E-state index in [-0.39, 0.29) is 0 Å². The van der Waals surface area contributed by atoms with E-state index in [1.807, 2.05) is 6.92 Å². The fourth-order valence-electron chi connectivity index (χ4n) is 1.51. The van der Waals surface area contributed by atoms with Crippen molar-refractivity contribution in [1.82, 2.24) is 19.5 Å². The van der Waals surface area contributed by atoms with Crippen LogP contribution in [0.15, 0.2) is 9.59 Å². The molecule has 0 amide bonds. The van der Waals surface area contributed by atoms with Gasteiger partial charge < -0.3 is 4.57 Å². The molecule has 0 saturated carbocycles. The lowest BCUT2D eigenvalue weighted by Gasteiger charge is -1.95. The van der Waals surface area contributed by atoms with Crippen LogP contribution < -0.4 is 11.2 Å². The van der Waals surface area contributed by atoms with Gasteiger partial charge in [-0.25, -0.2) is 9.78 Å². The number of nitrogens with zero attached hydrogens (tertiary/aromatic N) is 2. The summed E-state index contributed by atoms with van der Waals surface area (Å²) in [5.74, 6) is 0.771. The highest BCUT2D eigenvalue weighted by Gasteiger charge is 2.10. The lowest BCUT2D eigenvalue weighted by atomic mass is 10.4. The van der Waals surface area contributed by atoms with Crippen molar-refractivity contribution in [2.75, 3.05) is 0 Å². The first-order valence-electron chi connectivity index (χ1n) is 4.31. The molecule has 0 aliphatic rings. The highest BCUT2D eigenvalue weighted by molar-refractivity contribution is 5.69. The Balaban J connectivity index is 3.00. The Kier molecular flexibility index (Phi) is 1.77. The van der Waals surface area contributed by atoms with Crippen molar-refractivity contribution in [3.05, 3.63) is 26.7 Å². The molecule has 74 valence electrons. The molecular weight excluding hydrogens is 184 g/mol. The van der Waals surface area contributed by atoms with E-state index in [2.05, 4.69) is 15.0 Å². The predicted octanol–water partition coefficient (Wildman–Crippen LogP) is -0.488. The first-order valence-corrected chi connectivity index (χ1v) is 4.31. The van der Waals surface area contributed by atoms with Crippen LogP contribution in [0.25, 0.3) is 11.2 Å². The number of aromatic nitrogens is 4. The van der Waals surface area contributed by atoms with E-state index in [9.17, 15) is 9.59 Å². The van der Waals surface area contributed by atoms with Gasteiger partial charge in [0.25, 0.3) is 5.56 Å². The number of rotatable bonds is 1. The molecule has 0 fully saturated rings. The van der Waals surface area contributed by atoms with Gasteiger partial charge in [0.05, 0.1) is 0 Å². The quantitative estimate of drug-likeness (QED) is 0.642. The summed E-state index contributed by atoms with van der Waals surface area (Å²) >= 11 is 0. The molecule has 0 bridgehead atoms. The molecule has 2 aromatic heterocycles. The Labute approximate surface area is 78.6 Å². The number of aryl methyl sites for hydroxylation is 2. The van der Waals surface area contributed by atoms with Crippen LogP contribution in [-0.4, -0.2) is 19.5 Å². The van der Waals surface area contributed by atoms with Crippen molar-refractivity contribution < 1.29 is 0 Å². The van der Waals surface area contributed by atoms with Crippen LogP contribution in [-0.2, 0) is 13.5 Å². The van der Waals surface area contributed by atoms with Crippen LogP contribution >= 0.6 is 0 Å². The summed E-state index contributed by atoms with van der Waals surface area (Å²) in [4.78, 5) is 31.2. The Hall–Kier alpha value is -1.85. The van der Waals surface area contributed by atoms with E-state index in [0.29, 0.717) is 17.6 Å². The molecule has 0 atom stereocenters. The molecule has 0 saturated heterocycles. The van der Waals surface area contributed by atoms with Gasteiger partial charge in [-0.2, -0.15) is 0 Å². The van der Waals surface area contributed by atoms with Crippen molar-refractivity contribution in [2.24, 2.45) is 7.05 Å². The summed E-state index contributed by atoms with van der Waals surface area (Å²) in [6.45, 7) is 1.94. The highest BCUT2D eigenvalue weighted by atomic mass is 16.2. The average molecular weight is 194 g/mol. The van der Waals surface area contributed by atoms with E-state index < -0.39 is 11.2 Å². The second-order valence-corrected chi connectivity index (χ2v) is 3.05. The molecule has 2 heterocycles. The van der Waals surface area contributed by atoms with Gasteiger partial charge in [0.2, 0.25) is 0 Å². The Morgan fingerprint density at radius 2 is 2.07 bits per heavy atom. The minimum absolute atomic E-state index is 0.345. The van der Waals surface area contributed by atoms with Crippen LogP contribution in [0.2, 0.25) is 0 Å². The Morgan fingerprint density at radius 1 is 1.36 bits per heavy atom. The molecule has 14 heavy (non-hydrogen) atoms. The van der Waals surface area contributed by atoms with Crippen molar-refractivity contribution in [1.29, 1.82) is 0 Å². The molecule has 6 nitrogen and oxygen atoms in total. The monoisotopic (exact) mass is 194 g/mol. The number of aromatic amines is 2. The summed E-state index contributed by atoms with van der Waals surface area (Å²) in [5, 5.41) is 0. The van der Waals surface area contributed by atoms with Crippen molar-refractivity contribution in [2.45, 2.75) is 13.3 Å². The van der Waals surface area contributed by atoms with Gasteiger partial charge in [0.15, 0.2) is 11.2 Å². The minimum atomic E-state index is -0.525. The molecule has 0 unspecified atom stereocenters. The minimum Gasteiger partial charge on any atom is -0.325 e. The van der Waals surface area contributed by atoms with Crippen LogP contribution in [0.1, 0.15) is 12.7 Å². The second-order valence-electron chi connectivity index (χ2n) is 3.05. The zero-order valence-corrected chi connectivity index (χ0v) is 7.92. The zero-order valence-electron chi connectivity index (χ0n) is 7.92. The van der Waals surface area contributed by atoms with Crippen LogP contribution in [0.3, 0.4) is 0 Å². The second kappa shape index (κ2) is 2.83. The summed E-state index contributed by atoms with van der Waals surface area (Å²) in [6.07, 6.45) is 0.715. The summed E-state index contributed by atoms with van der Waals surface area (Å²) in [6, 6.07) is 0. The molecule has 2 N–H and O–H groups in total. The van der Waals surface area contributed by atoms with Gasteiger partial charge in [-0.15, -0.1) is 0 Å². The number of nitrogens with one attached hydrogen (secondary N) is 2. The van der Waals surface area contributed by atoms with Crippen molar-refractivity contribution >= 4 is 11.2 Å². The summed E-state index contributed by atoms with van der Waals surface area (Å²) in [7, 11) is 1.75. The van der Waals surface area contributed by atoms with Crippen molar-refractivity contribution in [3.8, 4) is 0 Å². The SMILES string of the molecule is CCc1nc2[nH]c(=O)[nH]c(=O)c2n1C. The van der Waals surface area contributed by atoms with E-state index in [4.69, 9.17) is 0 Å². The van der Waals surface area contributed by atoms with Gasteiger partial charge in [0.1, 0.15) is 5.82 Å². The third-order valence-corrected chi connectivity index (χ3v) is 2.18. The Bertz CT molecular complexity index is 589. The van der Waals surface area contributed by atoms with Crippen LogP contribution in [0.5, 0.6) is 0 Å². The number of imidazole rings is 1. The molecule has 6 heteroatoms. The number of hydrogen-bond donors (Lipinski definition) is 2. The van der Waals surface area contributed by atoms with Crippen LogP contribution in [0.4, 0.5) is 0 Å². The lowest BCUT2D eigenvalue weighted by molar-refractivity contribution is 0.825. The standard InChI is InChI=1S/C8H10N4O2/c1-3-4-9-6-5(12(4)2)7(13)11-8(14)10-6/h3H2,1-2H3,(H2,10,11,13,14). The maximum absolute atomic E-state index is 11.4. The Morgan fingerprint density at radius 3 is 2.71 bits per heavy atom. The van der Waals surface area contributed by atoms with Crippen LogP contribution in [0, 0.1) is 0 Å². The number of H-pyrrole nitrogens is 2. The van der Waals surface area contributed by atoms with E-state index in [1.165, 1.54) is 0 Å². The fourth-order valence-corrected chi connectivity index (χ4v) is 1.51. The molecule has 2 rings (SSSR count). The third kappa shape index (κ3) is 1.07. The zero-order chi connectivity index (χ0) is 10.3. The number of fused-ring (bicyclic) bond motifs is 1. The molecule has 0 aliphatic carbocycles. The highest BCUT2D eigenvalue weighted by Crippen LogP contribution is 2.06. The van der Waals surface area contributed by atoms with Gasteiger partial charge >= 0.3 is 5.69 Å². The van der Waals surface area contributed by atoms with Gasteiger partial charge in [-0.1, -0.05) is 6.92 Å². The fraction of sp³-hybridized carbons (Fsp3) is 0.375. The first-order chi connectivity index (χ1) is 6.63. The average Bonchev–Trinajstić information content (AvgIpc) is 2.42. The predicted molar refractivity (Wildman–Crippen MR) is 51.3 cm³/mol. The summed E-state index contributed by atoms with van der Waals surface area (Å²) < 4.78 is 1.68. The van der Waals surface area contributed by atoms with E-state index in [1.54, 1.807) is 11.6 Å². The molecule has 0 aliphatic heterocycles. The molecule has 0 aromatic carbocycles. The first kappa shape index (κ1) is 8.74. The number of hydrogen-bond acceptors (Lipinski definition) is 3. The molecular formula is C8H10N4O2. The van der Waals surface area contributed by atoms with Crippen molar-refractivity contribution in [3.63, 3.8) is 0 Å². The maximum Gasteiger partial charge on any atom is 0.327 e.